The summed E-state index contributed by atoms with van der Waals surface area (Å²) in [6.45, 7) is 8.60. The van der Waals surface area contributed by atoms with Crippen molar-refractivity contribution in [2.24, 2.45) is 0 Å². The van der Waals surface area contributed by atoms with E-state index in [0.29, 0.717) is 5.25 Å². The van der Waals surface area contributed by atoms with E-state index in [0.717, 1.165) is 28.3 Å². The lowest BCUT2D eigenvalue weighted by Gasteiger charge is -2.26. The van der Waals surface area contributed by atoms with E-state index in [4.69, 9.17) is 10.5 Å². The minimum Gasteiger partial charge on any atom is -0.399 e. The fourth-order valence-electron chi connectivity index (χ4n) is 2.89. The largest absolute Gasteiger partial charge is 0.399 e. The van der Waals surface area contributed by atoms with Gasteiger partial charge in [0, 0.05) is 10.9 Å². The molecule has 0 radical (unpaired) electrons. The zero-order chi connectivity index (χ0) is 14.5. The van der Waals surface area contributed by atoms with E-state index in [9.17, 15) is 0 Å². The Hall–Kier alpha value is -1.20. The standard InChI is InChI=1S/C15H21N3OS/c1-14(2)8-12(15(3,4)19-14)20-13-17-10-6-5-9(16)7-11(10)18-13/h5-7,12H,8,16H2,1-4H3,(H,17,18). The summed E-state index contributed by atoms with van der Waals surface area (Å²) in [5.74, 6) is 0. The maximum Gasteiger partial charge on any atom is 0.166 e. The summed E-state index contributed by atoms with van der Waals surface area (Å²) >= 11 is 1.76. The zero-order valence-electron chi connectivity index (χ0n) is 12.4. The summed E-state index contributed by atoms with van der Waals surface area (Å²) in [5, 5.41) is 1.32. The van der Waals surface area contributed by atoms with Crippen molar-refractivity contribution in [3.8, 4) is 0 Å². The van der Waals surface area contributed by atoms with Gasteiger partial charge in [-0.1, -0.05) is 11.8 Å². The van der Waals surface area contributed by atoms with Crippen LogP contribution >= 0.6 is 11.8 Å². The number of ether oxygens (including phenoxy) is 1. The van der Waals surface area contributed by atoms with Crippen molar-refractivity contribution in [1.29, 1.82) is 0 Å². The quantitative estimate of drug-likeness (QED) is 0.830. The van der Waals surface area contributed by atoms with Crippen LogP contribution in [-0.4, -0.2) is 26.4 Å². The molecule has 1 saturated heterocycles. The minimum absolute atomic E-state index is 0.0718. The Morgan fingerprint density at radius 2 is 2.10 bits per heavy atom. The van der Waals surface area contributed by atoms with Gasteiger partial charge >= 0.3 is 0 Å². The Balaban J connectivity index is 1.86. The average molecular weight is 291 g/mol. The Labute approximate surface area is 123 Å². The maximum absolute atomic E-state index is 6.13. The van der Waals surface area contributed by atoms with E-state index < -0.39 is 0 Å². The van der Waals surface area contributed by atoms with Crippen LogP contribution in [0, 0.1) is 0 Å². The highest BCUT2D eigenvalue weighted by Gasteiger charge is 2.46. The molecule has 0 amide bonds. The summed E-state index contributed by atoms with van der Waals surface area (Å²) in [4.78, 5) is 7.97. The lowest BCUT2D eigenvalue weighted by atomic mass is 10.0. The minimum atomic E-state index is -0.147. The monoisotopic (exact) mass is 291 g/mol. The average Bonchev–Trinajstić information content (AvgIpc) is 2.76. The van der Waals surface area contributed by atoms with Gasteiger partial charge in [-0.3, -0.25) is 0 Å². The van der Waals surface area contributed by atoms with Gasteiger partial charge in [-0.05, 0) is 52.3 Å². The van der Waals surface area contributed by atoms with E-state index in [-0.39, 0.29) is 11.2 Å². The second-order valence-electron chi connectivity index (χ2n) is 6.59. The molecule has 1 aliphatic rings. The summed E-state index contributed by atoms with van der Waals surface area (Å²) in [5.41, 5.74) is 8.28. The molecule has 1 fully saturated rings. The Morgan fingerprint density at radius 1 is 1.35 bits per heavy atom. The molecule has 1 atom stereocenters. The number of nitrogens with zero attached hydrogens (tertiary/aromatic N) is 1. The van der Waals surface area contributed by atoms with Gasteiger partial charge in [0.05, 0.1) is 22.2 Å². The number of imidazole rings is 1. The SMILES string of the molecule is CC1(C)CC(Sc2nc3ccc(N)cc3[nH]2)C(C)(C)O1. The molecule has 4 nitrogen and oxygen atoms in total. The van der Waals surface area contributed by atoms with Crippen molar-refractivity contribution in [3.63, 3.8) is 0 Å². The molecule has 2 heterocycles. The maximum atomic E-state index is 6.13. The molecule has 3 N–H and O–H groups in total. The molecule has 108 valence electrons. The van der Waals surface area contributed by atoms with Crippen molar-refractivity contribution in [1.82, 2.24) is 9.97 Å². The number of nitrogens with one attached hydrogen (secondary N) is 1. The van der Waals surface area contributed by atoms with Crippen LogP contribution in [0.15, 0.2) is 23.4 Å². The number of nitrogens with two attached hydrogens (primary N) is 1. The Kier molecular flexibility index (Phi) is 3.03. The highest BCUT2D eigenvalue weighted by Crippen LogP contribution is 2.45. The third-order valence-electron chi connectivity index (χ3n) is 3.73. The third-order valence-corrected chi connectivity index (χ3v) is 5.17. The van der Waals surface area contributed by atoms with Gasteiger partial charge in [-0.25, -0.2) is 4.98 Å². The van der Waals surface area contributed by atoms with Crippen LogP contribution in [0.25, 0.3) is 11.0 Å². The van der Waals surface area contributed by atoms with Crippen LogP contribution in [0.4, 0.5) is 5.69 Å². The van der Waals surface area contributed by atoms with Crippen molar-refractivity contribution >= 4 is 28.5 Å². The van der Waals surface area contributed by atoms with Gasteiger partial charge < -0.3 is 15.5 Å². The topological polar surface area (TPSA) is 63.9 Å². The normalized spacial score (nSPS) is 24.3. The van der Waals surface area contributed by atoms with E-state index in [1.807, 2.05) is 18.2 Å². The lowest BCUT2D eigenvalue weighted by molar-refractivity contribution is -0.0631. The fourth-order valence-corrected chi connectivity index (χ4v) is 4.30. The molecule has 1 aromatic heterocycles. The molecule has 2 aromatic rings. The number of rotatable bonds is 2. The number of thioether (sulfide) groups is 1. The molecule has 5 heteroatoms. The lowest BCUT2D eigenvalue weighted by Crippen LogP contribution is -2.31. The molecule has 0 aliphatic carbocycles. The Morgan fingerprint density at radius 3 is 2.75 bits per heavy atom. The van der Waals surface area contributed by atoms with Crippen molar-refractivity contribution in [2.75, 3.05) is 5.73 Å². The molecule has 20 heavy (non-hydrogen) atoms. The first-order chi connectivity index (χ1) is 9.25. The van der Waals surface area contributed by atoms with E-state index in [2.05, 4.69) is 37.7 Å². The van der Waals surface area contributed by atoms with E-state index in [1.54, 1.807) is 11.8 Å². The summed E-state index contributed by atoms with van der Waals surface area (Å²) in [6.07, 6.45) is 1.02. The van der Waals surface area contributed by atoms with Gasteiger partial charge in [0.15, 0.2) is 5.16 Å². The van der Waals surface area contributed by atoms with Crippen molar-refractivity contribution in [3.05, 3.63) is 18.2 Å². The van der Waals surface area contributed by atoms with Gasteiger partial charge in [0.1, 0.15) is 0 Å². The molecule has 3 rings (SSSR count). The number of aromatic nitrogens is 2. The van der Waals surface area contributed by atoms with Gasteiger partial charge in [-0.15, -0.1) is 0 Å². The van der Waals surface area contributed by atoms with Crippen LogP contribution in [0.2, 0.25) is 0 Å². The first-order valence-electron chi connectivity index (χ1n) is 6.87. The van der Waals surface area contributed by atoms with Gasteiger partial charge in [-0.2, -0.15) is 0 Å². The second kappa shape index (κ2) is 4.40. The van der Waals surface area contributed by atoms with Crippen LogP contribution in [0.1, 0.15) is 34.1 Å². The van der Waals surface area contributed by atoms with Gasteiger partial charge in [0.25, 0.3) is 0 Å². The van der Waals surface area contributed by atoms with Crippen molar-refractivity contribution < 1.29 is 4.74 Å². The predicted molar refractivity (Wildman–Crippen MR) is 84.0 cm³/mol. The molecule has 0 spiro atoms. The molecule has 0 bridgehead atoms. The predicted octanol–water partition coefficient (Wildman–Crippen LogP) is 3.58. The first kappa shape index (κ1) is 13.8. The number of anilines is 1. The van der Waals surface area contributed by atoms with E-state index >= 15 is 0 Å². The highest BCUT2D eigenvalue weighted by atomic mass is 32.2. The molecular weight excluding hydrogens is 270 g/mol. The van der Waals surface area contributed by atoms with Crippen LogP contribution in [0.5, 0.6) is 0 Å². The number of H-pyrrole nitrogens is 1. The number of hydrogen-bond acceptors (Lipinski definition) is 4. The zero-order valence-corrected chi connectivity index (χ0v) is 13.2. The van der Waals surface area contributed by atoms with Crippen LogP contribution in [-0.2, 0) is 4.74 Å². The van der Waals surface area contributed by atoms with Crippen LogP contribution < -0.4 is 5.73 Å². The summed E-state index contributed by atoms with van der Waals surface area (Å²) in [7, 11) is 0. The number of fused-ring (bicyclic) bond motifs is 1. The number of hydrogen-bond donors (Lipinski definition) is 2. The van der Waals surface area contributed by atoms with Crippen molar-refractivity contribution in [2.45, 2.75) is 55.7 Å². The number of aromatic amines is 1. The molecular formula is C15H21N3OS. The molecule has 1 unspecified atom stereocenters. The fraction of sp³-hybridized carbons (Fsp3) is 0.533. The smallest absolute Gasteiger partial charge is 0.166 e. The summed E-state index contributed by atoms with van der Waals surface area (Å²) in [6, 6.07) is 5.75. The number of benzene rings is 1. The second-order valence-corrected chi connectivity index (χ2v) is 7.79. The highest BCUT2D eigenvalue weighted by molar-refractivity contribution is 7.99. The number of nitrogen functional groups attached to an aromatic ring is 1. The summed E-state index contributed by atoms with van der Waals surface area (Å²) < 4.78 is 6.13. The Bertz CT molecular complexity index is 648. The molecule has 1 aromatic carbocycles. The molecule has 0 saturated carbocycles. The third kappa shape index (κ3) is 2.52. The first-order valence-corrected chi connectivity index (χ1v) is 7.75. The molecule has 1 aliphatic heterocycles. The van der Waals surface area contributed by atoms with Crippen LogP contribution in [0.3, 0.4) is 0 Å². The van der Waals surface area contributed by atoms with Gasteiger partial charge in [0.2, 0.25) is 0 Å². The van der Waals surface area contributed by atoms with E-state index in [1.165, 1.54) is 0 Å².